The predicted molar refractivity (Wildman–Crippen MR) is 157 cm³/mol. The Balaban J connectivity index is 2.08. The Labute approximate surface area is 248 Å². The molecule has 1 atom stereocenters. The molecule has 1 N–H and O–H groups in total. The third kappa shape index (κ3) is 7.66. The molecule has 0 aliphatic carbocycles. The molecule has 12 heteroatoms. The van der Waals surface area contributed by atoms with E-state index >= 15 is 0 Å². The first-order valence-electron chi connectivity index (χ1n) is 12.5. The van der Waals surface area contributed by atoms with E-state index in [1.165, 1.54) is 23.1 Å². The van der Waals surface area contributed by atoms with Crippen LogP contribution < -0.4 is 9.62 Å². The Morgan fingerprint density at radius 1 is 0.925 bits per heavy atom. The van der Waals surface area contributed by atoms with E-state index in [0.29, 0.717) is 23.6 Å². The normalized spacial score (nSPS) is 12.1. The molecule has 0 aliphatic rings. The van der Waals surface area contributed by atoms with Crippen LogP contribution in [-0.2, 0) is 26.2 Å². The first kappa shape index (κ1) is 31.7. The van der Waals surface area contributed by atoms with Crippen LogP contribution in [0.3, 0.4) is 0 Å². The summed E-state index contributed by atoms with van der Waals surface area (Å²) in [5.41, 5.74) is 0.577. The second-order valence-corrected chi connectivity index (χ2v) is 12.0. The van der Waals surface area contributed by atoms with Gasteiger partial charge in [0.1, 0.15) is 18.4 Å². The molecule has 0 fully saturated rings. The van der Waals surface area contributed by atoms with Crippen molar-refractivity contribution in [2.24, 2.45) is 0 Å². The zero-order valence-corrected chi connectivity index (χ0v) is 25.0. The van der Waals surface area contributed by atoms with Crippen LogP contribution in [0, 0.1) is 5.82 Å². The van der Waals surface area contributed by atoms with E-state index < -0.39 is 34.3 Å². The topological polar surface area (TPSA) is 86.8 Å². The fraction of sp³-hybridized carbons (Fsp3) is 0.286. The number of halogens is 4. The molecule has 0 aliphatic heterocycles. The third-order valence-corrected chi connectivity index (χ3v) is 8.89. The van der Waals surface area contributed by atoms with Crippen LogP contribution in [0.4, 0.5) is 10.1 Å². The molecule has 0 heterocycles. The van der Waals surface area contributed by atoms with Crippen molar-refractivity contribution in [1.82, 2.24) is 10.2 Å². The van der Waals surface area contributed by atoms with E-state index in [1.54, 1.807) is 43.3 Å². The summed E-state index contributed by atoms with van der Waals surface area (Å²) in [5.74, 6) is -1.78. The minimum atomic E-state index is -4.30. The van der Waals surface area contributed by atoms with Crippen molar-refractivity contribution < 1.29 is 22.4 Å². The van der Waals surface area contributed by atoms with Gasteiger partial charge in [0.25, 0.3) is 10.0 Å². The number of hydrogen-bond acceptors (Lipinski definition) is 4. The van der Waals surface area contributed by atoms with Crippen LogP contribution in [0.2, 0.25) is 15.1 Å². The number of nitrogens with zero attached hydrogens (tertiary/aromatic N) is 2. The molecule has 7 nitrogen and oxygen atoms in total. The maximum atomic E-state index is 14.0. The van der Waals surface area contributed by atoms with Gasteiger partial charge in [-0.3, -0.25) is 13.9 Å². The van der Waals surface area contributed by atoms with Gasteiger partial charge in [-0.1, -0.05) is 72.9 Å². The van der Waals surface area contributed by atoms with Gasteiger partial charge >= 0.3 is 0 Å². The second kappa shape index (κ2) is 14.2. The lowest BCUT2D eigenvalue weighted by Gasteiger charge is -2.33. The van der Waals surface area contributed by atoms with Gasteiger partial charge in [0.15, 0.2) is 0 Å². The molecule has 0 saturated carbocycles. The van der Waals surface area contributed by atoms with Crippen molar-refractivity contribution in [3.63, 3.8) is 0 Å². The Morgan fingerprint density at radius 2 is 1.62 bits per heavy atom. The minimum Gasteiger partial charge on any atom is -0.354 e. The molecule has 0 unspecified atom stereocenters. The van der Waals surface area contributed by atoms with Crippen molar-refractivity contribution in [3.05, 3.63) is 93.2 Å². The van der Waals surface area contributed by atoms with E-state index in [0.717, 1.165) is 16.4 Å². The van der Waals surface area contributed by atoms with Gasteiger partial charge in [-0.2, -0.15) is 0 Å². The highest BCUT2D eigenvalue weighted by Crippen LogP contribution is 2.29. The first-order chi connectivity index (χ1) is 19.0. The number of anilines is 1. The quantitative estimate of drug-likeness (QED) is 0.255. The standard InChI is InChI=1S/C28H29Cl3FN3O4S/c1-3-14-33-28(37)26(4-2)34(17-19-10-12-22(29)23(30)15-19)27(36)18-35(20-11-13-25(32)24(31)16-20)40(38,39)21-8-6-5-7-9-21/h5-13,15-16,26H,3-4,14,17-18H2,1-2H3,(H,33,37)/t26-/m0/s1. The zero-order valence-electron chi connectivity index (χ0n) is 21.9. The van der Waals surface area contributed by atoms with E-state index in [2.05, 4.69) is 5.32 Å². The number of carbonyl (C=O) groups excluding carboxylic acids is 2. The van der Waals surface area contributed by atoms with Gasteiger partial charge in [0, 0.05) is 13.1 Å². The first-order valence-corrected chi connectivity index (χ1v) is 15.1. The Kier molecular flexibility index (Phi) is 11.2. The van der Waals surface area contributed by atoms with Crippen LogP contribution in [-0.4, -0.2) is 44.3 Å². The molecule has 40 heavy (non-hydrogen) atoms. The summed E-state index contributed by atoms with van der Waals surface area (Å²) in [6, 6.07) is 14.8. The lowest BCUT2D eigenvalue weighted by atomic mass is 10.1. The number of nitrogens with one attached hydrogen (secondary N) is 1. The van der Waals surface area contributed by atoms with Gasteiger partial charge in [-0.15, -0.1) is 0 Å². The molecule has 214 valence electrons. The van der Waals surface area contributed by atoms with Gasteiger partial charge in [-0.25, -0.2) is 12.8 Å². The molecular formula is C28H29Cl3FN3O4S. The van der Waals surface area contributed by atoms with E-state index in [-0.39, 0.29) is 39.5 Å². The fourth-order valence-electron chi connectivity index (χ4n) is 4.01. The van der Waals surface area contributed by atoms with Gasteiger partial charge in [0.05, 0.1) is 25.7 Å². The molecule has 0 bridgehead atoms. The molecule has 0 aromatic heterocycles. The molecule has 0 radical (unpaired) electrons. The number of benzene rings is 3. The maximum Gasteiger partial charge on any atom is 0.264 e. The number of amides is 2. The number of sulfonamides is 1. The average molecular weight is 629 g/mol. The maximum absolute atomic E-state index is 14.0. The summed E-state index contributed by atoms with van der Waals surface area (Å²) >= 11 is 18.2. The van der Waals surface area contributed by atoms with Crippen LogP contribution >= 0.6 is 34.8 Å². The van der Waals surface area contributed by atoms with Crippen molar-refractivity contribution in [3.8, 4) is 0 Å². The number of rotatable bonds is 12. The number of carbonyl (C=O) groups is 2. The molecule has 3 aromatic carbocycles. The second-order valence-electron chi connectivity index (χ2n) is 8.91. The largest absolute Gasteiger partial charge is 0.354 e. The zero-order chi connectivity index (χ0) is 29.4. The van der Waals surface area contributed by atoms with E-state index in [1.807, 2.05) is 6.92 Å². The summed E-state index contributed by atoms with van der Waals surface area (Å²) in [7, 11) is -4.30. The molecule has 0 saturated heterocycles. The summed E-state index contributed by atoms with van der Waals surface area (Å²) in [6.07, 6.45) is 0.952. The fourth-order valence-corrected chi connectivity index (χ4v) is 5.93. The highest BCUT2D eigenvalue weighted by Gasteiger charge is 2.34. The predicted octanol–water partition coefficient (Wildman–Crippen LogP) is 6.31. The third-order valence-electron chi connectivity index (χ3n) is 6.07. The van der Waals surface area contributed by atoms with Gasteiger partial charge < -0.3 is 10.2 Å². The summed E-state index contributed by atoms with van der Waals surface area (Å²) in [6.45, 7) is 3.34. The summed E-state index contributed by atoms with van der Waals surface area (Å²) in [4.78, 5) is 28.3. The smallest absolute Gasteiger partial charge is 0.264 e. The minimum absolute atomic E-state index is 0.0124. The van der Waals surface area contributed by atoms with E-state index in [4.69, 9.17) is 34.8 Å². The SMILES string of the molecule is CCCNC(=O)[C@H](CC)N(Cc1ccc(Cl)c(Cl)c1)C(=O)CN(c1ccc(F)c(Cl)c1)S(=O)(=O)c1ccccc1. The van der Waals surface area contributed by atoms with Gasteiger partial charge in [-0.05, 0) is 60.9 Å². The van der Waals surface area contributed by atoms with Gasteiger partial charge in [0.2, 0.25) is 11.8 Å². The summed E-state index contributed by atoms with van der Waals surface area (Å²) in [5, 5.41) is 3.09. The Hall–Kier alpha value is -2.85. The molecular weight excluding hydrogens is 600 g/mol. The highest BCUT2D eigenvalue weighted by atomic mass is 35.5. The van der Waals surface area contributed by atoms with Crippen molar-refractivity contribution >= 4 is 62.3 Å². The highest BCUT2D eigenvalue weighted by molar-refractivity contribution is 7.92. The monoisotopic (exact) mass is 627 g/mol. The molecule has 0 spiro atoms. The van der Waals surface area contributed by atoms with Crippen LogP contribution in [0.1, 0.15) is 32.3 Å². The lowest BCUT2D eigenvalue weighted by Crippen LogP contribution is -2.52. The van der Waals surface area contributed by atoms with Crippen LogP contribution in [0.15, 0.2) is 71.6 Å². The Morgan fingerprint density at radius 3 is 2.23 bits per heavy atom. The van der Waals surface area contributed by atoms with E-state index in [9.17, 15) is 22.4 Å². The molecule has 3 aromatic rings. The van der Waals surface area contributed by atoms with Crippen molar-refractivity contribution in [2.45, 2.75) is 44.2 Å². The summed E-state index contributed by atoms with van der Waals surface area (Å²) < 4.78 is 42.3. The van der Waals surface area contributed by atoms with Crippen molar-refractivity contribution in [2.75, 3.05) is 17.4 Å². The van der Waals surface area contributed by atoms with Crippen LogP contribution in [0.25, 0.3) is 0 Å². The lowest BCUT2D eigenvalue weighted by molar-refractivity contribution is -0.140. The average Bonchev–Trinajstić information content (AvgIpc) is 2.94. The molecule has 3 rings (SSSR count). The Bertz CT molecular complexity index is 1460. The van der Waals surface area contributed by atoms with Crippen molar-refractivity contribution in [1.29, 1.82) is 0 Å². The molecule has 2 amide bonds. The van der Waals surface area contributed by atoms with Crippen LogP contribution in [0.5, 0.6) is 0 Å². The number of hydrogen-bond donors (Lipinski definition) is 1.